The van der Waals surface area contributed by atoms with Gasteiger partial charge in [-0.2, -0.15) is 0 Å². The molecule has 2 aliphatic rings. The lowest BCUT2D eigenvalue weighted by molar-refractivity contribution is -0.0867. The molecule has 2 aromatic carbocycles. The van der Waals surface area contributed by atoms with Crippen molar-refractivity contribution in [3.63, 3.8) is 0 Å². The second-order valence-electron chi connectivity index (χ2n) is 6.98. The van der Waals surface area contributed by atoms with Crippen molar-refractivity contribution in [2.24, 2.45) is 0 Å². The lowest BCUT2D eigenvalue weighted by Gasteiger charge is -2.45. The first-order chi connectivity index (χ1) is 11.4. The zero-order valence-electron chi connectivity index (χ0n) is 13.7. The minimum Gasteiger partial charge on any atom is -0.485 e. The molecule has 0 spiro atoms. The molecular formula is C19H20N2O3. The SMILES string of the molecule is CC1(C)Oc2cc(N)ccc2[C@H](N2Cc3ccccc3C2=O)[C@H]1O. The van der Waals surface area contributed by atoms with Crippen LogP contribution in [0, 0.1) is 0 Å². The van der Waals surface area contributed by atoms with E-state index in [0.29, 0.717) is 23.5 Å². The molecule has 5 heteroatoms. The first-order valence-electron chi connectivity index (χ1n) is 8.04. The molecule has 0 saturated carbocycles. The van der Waals surface area contributed by atoms with E-state index in [0.717, 1.165) is 11.1 Å². The first kappa shape index (κ1) is 15.0. The second-order valence-corrected chi connectivity index (χ2v) is 6.98. The van der Waals surface area contributed by atoms with Gasteiger partial charge in [0, 0.05) is 29.4 Å². The number of nitrogens with two attached hydrogens (primary N) is 1. The number of hydrogen-bond acceptors (Lipinski definition) is 4. The molecule has 124 valence electrons. The van der Waals surface area contributed by atoms with Crippen LogP contribution in [0.3, 0.4) is 0 Å². The molecule has 24 heavy (non-hydrogen) atoms. The fraction of sp³-hybridized carbons (Fsp3) is 0.316. The summed E-state index contributed by atoms with van der Waals surface area (Å²) >= 11 is 0. The molecule has 2 atom stereocenters. The van der Waals surface area contributed by atoms with Crippen molar-refractivity contribution in [1.29, 1.82) is 0 Å². The van der Waals surface area contributed by atoms with Crippen LogP contribution in [0.15, 0.2) is 42.5 Å². The van der Waals surface area contributed by atoms with Crippen molar-refractivity contribution >= 4 is 11.6 Å². The van der Waals surface area contributed by atoms with Gasteiger partial charge in [-0.15, -0.1) is 0 Å². The highest BCUT2D eigenvalue weighted by atomic mass is 16.5. The fourth-order valence-corrected chi connectivity index (χ4v) is 3.62. The summed E-state index contributed by atoms with van der Waals surface area (Å²) in [7, 11) is 0. The fourth-order valence-electron chi connectivity index (χ4n) is 3.62. The van der Waals surface area contributed by atoms with Crippen molar-refractivity contribution in [3.05, 3.63) is 59.2 Å². The predicted octanol–water partition coefficient (Wildman–Crippen LogP) is 2.50. The Labute approximate surface area is 140 Å². The number of hydrogen-bond donors (Lipinski definition) is 2. The minimum atomic E-state index is -0.841. The summed E-state index contributed by atoms with van der Waals surface area (Å²) in [6.07, 6.45) is -0.841. The van der Waals surface area contributed by atoms with Gasteiger partial charge in [0.2, 0.25) is 0 Å². The summed E-state index contributed by atoms with van der Waals surface area (Å²) in [5.41, 5.74) is 8.12. The number of carbonyl (C=O) groups excluding carboxylic acids is 1. The Morgan fingerprint density at radius 1 is 1.25 bits per heavy atom. The first-order valence-corrected chi connectivity index (χ1v) is 8.04. The van der Waals surface area contributed by atoms with Crippen LogP contribution in [-0.4, -0.2) is 27.6 Å². The van der Waals surface area contributed by atoms with E-state index in [1.54, 1.807) is 17.0 Å². The number of rotatable bonds is 1. The molecule has 2 heterocycles. The van der Waals surface area contributed by atoms with Crippen molar-refractivity contribution in [2.75, 3.05) is 5.73 Å². The Morgan fingerprint density at radius 3 is 2.75 bits per heavy atom. The van der Waals surface area contributed by atoms with E-state index in [2.05, 4.69) is 0 Å². The number of amides is 1. The standard InChI is InChI=1S/C19H20N2O3/c1-19(2)17(22)16(14-8-7-12(20)9-15(14)24-19)21-10-11-5-3-4-6-13(11)18(21)23/h3-9,16-17,22H,10,20H2,1-2H3/t16-,17+/m0/s1. The van der Waals surface area contributed by atoms with Crippen LogP contribution >= 0.6 is 0 Å². The van der Waals surface area contributed by atoms with Gasteiger partial charge in [-0.05, 0) is 31.5 Å². The largest absolute Gasteiger partial charge is 0.485 e. The molecule has 2 aliphatic heterocycles. The van der Waals surface area contributed by atoms with Gasteiger partial charge in [0.05, 0.1) is 6.04 Å². The van der Waals surface area contributed by atoms with E-state index >= 15 is 0 Å². The van der Waals surface area contributed by atoms with Gasteiger partial charge in [-0.1, -0.05) is 24.3 Å². The van der Waals surface area contributed by atoms with Crippen LogP contribution in [0.25, 0.3) is 0 Å². The van der Waals surface area contributed by atoms with Crippen molar-refractivity contribution in [2.45, 2.75) is 38.1 Å². The molecule has 3 N–H and O–H groups in total. The predicted molar refractivity (Wildman–Crippen MR) is 90.6 cm³/mol. The molecule has 0 aliphatic carbocycles. The highest BCUT2D eigenvalue weighted by Gasteiger charge is 2.48. The van der Waals surface area contributed by atoms with Gasteiger partial charge in [0.25, 0.3) is 5.91 Å². The van der Waals surface area contributed by atoms with Crippen molar-refractivity contribution in [3.8, 4) is 5.75 Å². The molecule has 0 fully saturated rings. The quantitative estimate of drug-likeness (QED) is 0.790. The molecule has 4 rings (SSSR count). The van der Waals surface area contributed by atoms with E-state index in [4.69, 9.17) is 10.5 Å². The third-order valence-corrected chi connectivity index (χ3v) is 4.93. The number of nitrogens with zero attached hydrogens (tertiary/aromatic N) is 1. The van der Waals surface area contributed by atoms with Gasteiger partial charge < -0.3 is 20.5 Å². The van der Waals surface area contributed by atoms with E-state index in [1.807, 2.05) is 44.2 Å². The van der Waals surface area contributed by atoms with Crippen LogP contribution < -0.4 is 10.5 Å². The Balaban J connectivity index is 1.82. The van der Waals surface area contributed by atoms with E-state index in [-0.39, 0.29) is 5.91 Å². The number of ether oxygens (including phenoxy) is 1. The Morgan fingerprint density at radius 2 is 2.00 bits per heavy atom. The smallest absolute Gasteiger partial charge is 0.255 e. The second kappa shape index (κ2) is 4.98. The van der Waals surface area contributed by atoms with Crippen LogP contribution in [0.2, 0.25) is 0 Å². The zero-order chi connectivity index (χ0) is 17.1. The molecule has 0 bridgehead atoms. The number of fused-ring (bicyclic) bond motifs is 2. The van der Waals surface area contributed by atoms with Crippen molar-refractivity contribution < 1.29 is 14.6 Å². The van der Waals surface area contributed by atoms with Gasteiger partial charge in [0.1, 0.15) is 17.5 Å². The van der Waals surface area contributed by atoms with E-state index < -0.39 is 17.7 Å². The van der Waals surface area contributed by atoms with Crippen LogP contribution in [0.1, 0.15) is 41.4 Å². The summed E-state index contributed by atoms with van der Waals surface area (Å²) in [4.78, 5) is 14.6. The Bertz CT molecular complexity index is 831. The third kappa shape index (κ3) is 2.08. The maximum absolute atomic E-state index is 12.9. The number of aliphatic hydroxyl groups excluding tert-OH is 1. The lowest BCUT2D eigenvalue weighted by Crippen LogP contribution is -2.53. The average molecular weight is 324 g/mol. The number of benzene rings is 2. The maximum Gasteiger partial charge on any atom is 0.255 e. The molecule has 0 saturated heterocycles. The summed E-state index contributed by atoms with van der Waals surface area (Å²) in [6, 6.07) is 12.5. The number of nitrogen functional groups attached to an aromatic ring is 1. The number of carbonyl (C=O) groups is 1. The molecule has 0 radical (unpaired) electrons. The summed E-state index contributed by atoms with van der Waals surface area (Å²) < 4.78 is 5.95. The molecule has 0 unspecified atom stereocenters. The minimum absolute atomic E-state index is 0.0601. The monoisotopic (exact) mass is 324 g/mol. The summed E-state index contributed by atoms with van der Waals surface area (Å²) in [5.74, 6) is 0.564. The topological polar surface area (TPSA) is 75.8 Å². The number of aliphatic hydroxyl groups is 1. The van der Waals surface area contributed by atoms with Gasteiger partial charge in [0.15, 0.2) is 0 Å². The normalized spacial score (nSPS) is 24.3. The molecule has 5 nitrogen and oxygen atoms in total. The molecule has 1 amide bonds. The van der Waals surface area contributed by atoms with Crippen LogP contribution in [0.5, 0.6) is 5.75 Å². The van der Waals surface area contributed by atoms with Crippen LogP contribution in [0.4, 0.5) is 5.69 Å². The Hall–Kier alpha value is -2.53. The van der Waals surface area contributed by atoms with Gasteiger partial charge in [-0.3, -0.25) is 4.79 Å². The molecular weight excluding hydrogens is 304 g/mol. The Kier molecular flexibility index (Phi) is 3.12. The highest BCUT2D eigenvalue weighted by Crippen LogP contribution is 2.45. The van der Waals surface area contributed by atoms with Crippen molar-refractivity contribution in [1.82, 2.24) is 4.90 Å². The zero-order valence-corrected chi connectivity index (χ0v) is 13.7. The van der Waals surface area contributed by atoms with Crippen LogP contribution in [-0.2, 0) is 6.54 Å². The highest BCUT2D eigenvalue weighted by molar-refractivity contribution is 5.98. The lowest BCUT2D eigenvalue weighted by atomic mass is 9.85. The average Bonchev–Trinajstić information content (AvgIpc) is 2.86. The molecule has 0 aromatic heterocycles. The van der Waals surface area contributed by atoms with Gasteiger partial charge in [-0.25, -0.2) is 0 Å². The van der Waals surface area contributed by atoms with E-state index in [1.165, 1.54) is 0 Å². The van der Waals surface area contributed by atoms with E-state index in [9.17, 15) is 9.90 Å². The van der Waals surface area contributed by atoms with Gasteiger partial charge >= 0.3 is 0 Å². The summed E-state index contributed by atoms with van der Waals surface area (Å²) in [5, 5.41) is 10.9. The maximum atomic E-state index is 12.9. The third-order valence-electron chi connectivity index (χ3n) is 4.93. The molecule has 2 aromatic rings. The summed E-state index contributed by atoms with van der Waals surface area (Å²) in [6.45, 7) is 4.13. The number of anilines is 1.